The van der Waals surface area contributed by atoms with Crippen molar-refractivity contribution < 1.29 is 4.74 Å². The van der Waals surface area contributed by atoms with E-state index in [9.17, 15) is 0 Å². The second-order valence-corrected chi connectivity index (χ2v) is 3.64. The number of hydrogen-bond acceptors (Lipinski definition) is 3. The van der Waals surface area contributed by atoms with Gasteiger partial charge in [-0.3, -0.25) is 5.10 Å². The molecule has 1 N–H and O–H groups in total. The van der Waals surface area contributed by atoms with Gasteiger partial charge in [0.15, 0.2) is 5.82 Å². The molecule has 1 aliphatic heterocycles. The van der Waals surface area contributed by atoms with Gasteiger partial charge >= 0.3 is 0 Å². The van der Waals surface area contributed by atoms with Gasteiger partial charge in [0.2, 0.25) is 0 Å². The number of hydrogen-bond donors (Lipinski definition) is 1. The van der Waals surface area contributed by atoms with Crippen LogP contribution in [0, 0.1) is 0 Å². The third-order valence-electron chi connectivity index (χ3n) is 2.56. The van der Waals surface area contributed by atoms with Crippen molar-refractivity contribution in [3.63, 3.8) is 0 Å². The van der Waals surface area contributed by atoms with Crippen LogP contribution in [0.5, 0.6) is 0 Å². The van der Waals surface area contributed by atoms with Crippen LogP contribution in [-0.4, -0.2) is 21.8 Å². The summed E-state index contributed by atoms with van der Waals surface area (Å²) in [6.07, 6.45) is 3.02. The molecule has 1 aromatic heterocycles. The van der Waals surface area contributed by atoms with E-state index in [2.05, 4.69) is 29.0 Å². The Hall–Kier alpha value is -0.900. The largest absolute Gasteiger partial charge is 0.367 e. The monoisotopic (exact) mass is 181 g/mol. The van der Waals surface area contributed by atoms with Gasteiger partial charge in [-0.05, 0) is 19.8 Å². The fraction of sp³-hybridized carbons (Fsp3) is 0.778. The van der Waals surface area contributed by atoms with Gasteiger partial charge in [0.05, 0.1) is 0 Å². The Bertz CT molecular complexity index is 289. The molecule has 0 saturated carbocycles. The molecular formula is C9H15N3O. The van der Waals surface area contributed by atoms with Crippen LogP contribution in [0.15, 0.2) is 0 Å². The Balaban J connectivity index is 2.23. The highest BCUT2D eigenvalue weighted by molar-refractivity contribution is 5.03. The first-order chi connectivity index (χ1) is 6.24. The average molecular weight is 181 g/mol. The van der Waals surface area contributed by atoms with Crippen LogP contribution in [-0.2, 0) is 16.8 Å². The van der Waals surface area contributed by atoms with Gasteiger partial charge in [-0.2, -0.15) is 5.10 Å². The molecule has 0 bridgehead atoms. The smallest absolute Gasteiger partial charge is 0.182 e. The van der Waals surface area contributed by atoms with Crippen molar-refractivity contribution in [1.29, 1.82) is 0 Å². The van der Waals surface area contributed by atoms with Gasteiger partial charge in [0.1, 0.15) is 11.4 Å². The van der Waals surface area contributed by atoms with Crippen molar-refractivity contribution >= 4 is 0 Å². The van der Waals surface area contributed by atoms with Crippen molar-refractivity contribution in [2.24, 2.45) is 0 Å². The maximum absolute atomic E-state index is 5.64. The summed E-state index contributed by atoms with van der Waals surface area (Å²) in [5.41, 5.74) is -0.246. The molecule has 1 fully saturated rings. The third kappa shape index (κ3) is 1.46. The molecule has 0 aromatic carbocycles. The highest BCUT2D eigenvalue weighted by Gasteiger charge is 2.35. The summed E-state index contributed by atoms with van der Waals surface area (Å²) in [6, 6.07) is 0. The molecule has 1 aliphatic rings. The summed E-state index contributed by atoms with van der Waals surface area (Å²) in [7, 11) is 0. The molecule has 1 saturated heterocycles. The zero-order valence-electron chi connectivity index (χ0n) is 8.13. The van der Waals surface area contributed by atoms with Crippen LogP contribution in [0.4, 0.5) is 0 Å². The van der Waals surface area contributed by atoms with E-state index >= 15 is 0 Å². The van der Waals surface area contributed by atoms with Crippen molar-refractivity contribution in [3.8, 4) is 0 Å². The van der Waals surface area contributed by atoms with E-state index in [0.29, 0.717) is 0 Å². The number of aromatic amines is 1. The normalized spacial score (nSPS) is 28.2. The molecule has 72 valence electrons. The Labute approximate surface area is 77.7 Å². The lowest BCUT2D eigenvalue weighted by molar-refractivity contribution is 0.00959. The first kappa shape index (κ1) is 8.69. The van der Waals surface area contributed by atoms with Crippen LogP contribution in [0.3, 0.4) is 0 Å². The summed E-state index contributed by atoms with van der Waals surface area (Å²) >= 11 is 0. The maximum Gasteiger partial charge on any atom is 0.182 e. The number of nitrogens with zero attached hydrogens (tertiary/aromatic N) is 2. The minimum atomic E-state index is -0.246. The van der Waals surface area contributed by atoms with Gasteiger partial charge in [-0.1, -0.05) is 6.92 Å². The van der Waals surface area contributed by atoms with Crippen molar-refractivity contribution in [2.75, 3.05) is 6.61 Å². The van der Waals surface area contributed by atoms with E-state index in [1.54, 1.807) is 0 Å². The number of H-pyrrole nitrogens is 1. The van der Waals surface area contributed by atoms with E-state index < -0.39 is 0 Å². The zero-order chi connectivity index (χ0) is 9.31. The molecule has 1 atom stereocenters. The predicted molar refractivity (Wildman–Crippen MR) is 48.3 cm³/mol. The van der Waals surface area contributed by atoms with Crippen LogP contribution in [0.2, 0.25) is 0 Å². The fourth-order valence-electron chi connectivity index (χ4n) is 1.65. The first-order valence-corrected chi connectivity index (χ1v) is 4.80. The highest BCUT2D eigenvalue weighted by atomic mass is 16.5. The van der Waals surface area contributed by atoms with Gasteiger partial charge in [-0.15, -0.1) is 0 Å². The standard InChI is InChI=1S/C9H15N3O/c1-3-7-10-8(12-11-7)9(2)5-4-6-13-9/h3-6H2,1-2H3,(H,10,11,12). The second kappa shape index (κ2) is 3.10. The average Bonchev–Trinajstić information content (AvgIpc) is 2.72. The van der Waals surface area contributed by atoms with E-state index in [4.69, 9.17) is 4.74 Å². The molecule has 13 heavy (non-hydrogen) atoms. The lowest BCUT2D eigenvalue weighted by Gasteiger charge is -2.18. The van der Waals surface area contributed by atoms with Crippen molar-refractivity contribution in [2.45, 2.75) is 38.7 Å². The van der Waals surface area contributed by atoms with Gasteiger partial charge < -0.3 is 4.74 Å². The second-order valence-electron chi connectivity index (χ2n) is 3.64. The topological polar surface area (TPSA) is 50.8 Å². The lowest BCUT2D eigenvalue weighted by Crippen LogP contribution is -2.21. The van der Waals surface area contributed by atoms with Gasteiger partial charge in [-0.25, -0.2) is 4.98 Å². The Kier molecular flexibility index (Phi) is 2.07. The Morgan fingerprint density at radius 2 is 2.46 bits per heavy atom. The highest BCUT2D eigenvalue weighted by Crippen LogP contribution is 2.33. The Morgan fingerprint density at radius 1 is 1.62 bits per heavy atom. The molecule has 2 heterocycles. The summed E-state index contributed by atoms with van der Waals surface area (Å²) in [6.45, 7) is 4.94. The van der Waals surface area contributed by atoms with Crippen LogP contribution >= 0.6 is 0 Å². The quantitative estimate of drug-likeness (QED) is 0.750. The molecular weight excluding hydrogens is 166 g/mol. The molecule has 0 aliphatic carbocycles. The fourth-order valence-corrected chi connectivity index (χ4v) is 1.65. The van der Waals surface area contributed by atoms with Crippen LogP contribution < -0.4 is 0 Å². The van der Waals surface area contributed by atoms with Crippen LogP contribution in [0.1, 0.15) is 38.3 Å². The minimum Gasteiger partial charge on any atom is -0.367 e. The molecule has 1 aromatic rings. The lowest BCUT2D eigenvalue weighted by atomic mass is 10.0. The number of ether oxygens (including phenoxy) is 1. The predicted octanol–water partition coefficient (Wildman–Crippen LogP) is 1.39. The van der Waals surface area contributed by atoms with Crippen LogP contribution in [0.25, 0.3) is 0 Å². The van der Waals surface area contributed by atoms with E-state index in [0.717, 1.165) is 37.5 Å². The first-order valence-electron chi connectivity index (χ1n) is 4.80. The number of nitrogens with one attached hydrogen (secondary N) is 1. The van der Waals surface area contributed by atoms with Gasteiger partial charge in [0.25, 0.3) is 0 Å². The summed E-state index contributed by atoms with van der Waals surface area (Å²) in [4.78, 5) is 4.39. The summed E-state index contributed by atoms with van der Waals surface area (Å²) in [5, 5.41) is 7.10. The molecule has 0 amide bonds. The molecule has 4 nitrogen and oxygen atoms in total. The van der Waals surface area contributed by atoms with Gasteiger partial charge in [0, 0.05) is 13.0 Å². The molecule has 1 unspecified atom stereocenters. The number of aryl methyl sites for hydroxylation is 1. The van der Waals surface area contributed by atoms with E-state index in [1.807, 2.05) is 0 Å². The van der Waals surface area contributed by atoms with Crippen molar-refractivity contribution in [3.05, 3.63) is 11.6 Å². The number of rotatable bonds is 2. The molecule has 0 spiro atoms. The maximum atomic E-state index is 5.64. The summed E-state index contributed by atoms with van der Waals surface area (Å²) < 4.78 is 5.64. The molecule has 4 heteroatoms. The zero-order valence-corrected chi connectivity index (χ0v) is 8.13. The summed E-state index contributed by atoms with van der Waals surface area (Å²) in [5.74, 6) is 1.74. The van der Waals surface area contributed by atoms with E-state index in [1.165, 1.54) is 0 Å². The third-order valence-corrected chi connectivity index (χ3v) is 2.56. The molecule has 2 rings (SSSR count). The molecule has 0 radical (unpaired) electrons. The van der Waals surface area contributed by atoms with E-state index in [-0.39, 0.29) is 5.60 Å². The SMILES string of the molecule is CCc1nc(C2(C)CCCO2)n[nH]1. The Morgan fingerprint density at radius 3 is 3.00 bits per heavy atom. The minimum absolute atomic E-state index is 0.246. The number of aromatic nitrogens is 3. The van der Waals surface area contributed by atoms with Crippen molar-refractivity contribution in [1.82, 2.24) is 15.2 Å².